The maximum Gasteiger partial charge on any atom is 0.339 e. The highest BCUT2D eigenvalue weighted by Crippen LogP contribution is 2.22. The second-order valence-corrected chi connectivity index (χ2v) is 5.73. The normalized spacial score (nSPS) is 18.4. The number of para-hydroxylation sites is 1. The molecule has 0 saturated carbocycles. The van der Waals surface area contributed by atoms with Gasteiger partial charge in [-0.25, -0.2) is 4.79 Å². The zero-order chi connectivity index (χ0) is 13.5. The second-order valence-electron chi connectivity index (χ2n) is 4.58. The summed E-state index contributed by atoms with van der Waals surface area (Å²) < 4.78 is 5.51. The van der Waals surface area contributed by atoms with Crippen molar-refractivity contribution in [2.45, 2.75) is 6.42 Å². The van der Waals surface area contributed by atoms with Crippen molar-refractivity contribution in [1.82, 2.24) is 5.32 Å². The highest BCUT2D eigenvalue weighted by atomic mass is 32.2. The van der Waals surface area contributed by atoms with E-state index in [1.54, 1.807) is 24.3 Å². The van der Waals surface area contributed by atoms with Crippen LogP contribution in [0, 0.1) is 5.92 Å². The van der Waals surface area contributed by atoms with Gasteiger partial charge in [0.1, 0.15) is 17.9 Å². The summed E-state index contributed by atoms with van der Waals surface area (Å²) in [5.74, 6) is 2.78. The summed E-state index contributed by atoms with van der Waals surface area (Å²) in [5.41, 5.74) is 0.217. The predicted octanol–water partition coefficient (Wildman–Crippen LogP) is 2.11. The molecule has 1 aromatic carbocycles. The first-order chi connectivity index (χ1) is 9.27. The maximum atomic E-state index is 11.0. The molecule has 1 fully saturated rings. The van der Waals surface area contributed by atoms with Crippen LogP contribution < -0.4 is 10.1 Å². The maximum absolute atomic E-state index is 11.0. The van der Waals surface area contributed by atoms with E-state index in [1.807, 2.05) is 11.8 Å². The van der Waals surface area contributed by atoms with Gasteiger partial charge in [-0.2, -0.15) is 11.8 Å². The fraction of sp³-hybridized carbons (Fsp3) is 0.500. The molecule has 1 aromatic rings. The van der Waals surface area contributed by atoms with Crippen LogP contribution in [-0.2, 0) is 0 Å². The minimum Gasteiger partial charge on any atom is -0.491 e. The Morgan fingerprint density at radius 1 is 1.47 bits per heavy atom. The lowest BCUT2D eigenvalue weighted by Gasteiger charge is -2.11. The van der Waals surface area contributed by atoms with Gasteiger partial charge in [0.05, 0.1) is 0 Å². The van der Waals surface area contributed by atoms with Crippen LogP contribution in [0.1, 0.15) is 16.8 Å². The monoisotopic (exact) mass is 281 g/mol. The minimum atomic E-state index is -0.952. The molecule has 1 saturated heterocycles. The Morgan fingerprint density at radius 3 is 3.05 bits per heavy atom. The predicted molar refractivity (Wildman–Crippen MR) is 77.2 cm³/mol. The number of aromatic carboxylic acids is 1. The average molecular weight is 281 g/mol. The molecule has 1 atom stereocenters. The van der Waals surface area contributed by atoms with E-state index in [2.05, 4.69) is 5.32 Å². The van der Waals surface area contributed by atoms with Gasteiger partial charge in [0.25, 0.3) is 0 Å². The van der Waals surface area contributed by atoms with Crippen LogP contribution in [0.15, 0.2) is 24.3 Å². The van der Waals surface area contributed by atoms with Crippen molar-refractivity contribution < 1.29 is 14.6 Å². The van der Waals surface area contributed by atoms with E-state index in [4.69, 9.17) is 9.84 Å². The summed E-state index contributed by atoms with van der Waals surface area (Å²) in [6, 6.07) is 6.73. The quantitative estimate of drug-likeness (QED) is 0.750. The van der Waals surface area contributed by atoms with Gasteiger partial charge >= 0.3 is 5.97 Å². The average Bonchev–Trinajstić information content (AvgIpc) is 2.92. The van der Waals surface area contributed by atoms with Crippen molar-refractivity contribution >= 4 is 17.7 Å². The molecular weight excluding hydrogens is 262 g/mol. The van der Waals surface area contributed by atoms with Crippen LogP contribution in [0.2, 0.25) is 0 Å². The van der Waals surface area contributed by atoms with E-state index in [-0.39, 0.29) is 5.56 Å². The van der Waals surface area contributed by atoms with Gasteiger partial charge < -0.3 is 15.2 Å². The van der Waals surface area contributed by atoms with E-state index in [9.17, 15) is 4.79 Å². The number of thioether (sulfide) groups is 1. The summed E-state index contributed by atoms with van der Waals surface area (Å²) in [7, 11) is 0. The van der Waals surface area contributed by atoms with Crippen LogP contribution in [-0.4, -0.2) is 42.3 Å². The standard InChI is InChI=1S/C14H19NO3S/c16-14(17)12-3-1-2-4-13(12)18-7-6-15-9-11-5-8-19-10-11/h1-4,11,15H,5-10H2,(H,16,17). The number of nitrogens with one attached hydrogen (secondary N) is 1. The SMILES string of the molecule is O=C(O)c1ccccc1OCCNCC1CCSC1. The van der Waals surface area contributed by atoms with Gasteiger partial charge in [-0.3, -0.25) is 0 Å². The van der Waals surface area contributed by atoms with Gasteiger partial charge in [-0.15, -0.1) is 0 Å². The summed E-state index contributed by atoms with van der Waals surface area (Å²) in [6.45, 7) is 2.26. The molecule has 1 unspecified atom stereocenters. The van der Waals surface area contributed by atoms with Crippen molar-refractivity contribution in [2.24, 2.45) is 5.92 Å². The van der Waals surface area contributed by atoms with E-state index in [0.717, 1.165) is 19.0 Å². The summed E-state index contributed by atoms with van der Waals surface area (Å²) in [5, 5.41) is 12.4. The minimum absolute atomic E-state index is 0.217. The van der Waals surface area contributed by atoms with Crippen LogP contribution >= 0.6 is 11.8 Å². The number of hydrogen-bond acceptors (Lipinski definition) is 4. The van der Waals surface area contributed by atoms with Crippen molar-refractivity contribution in [3.8, 4) is 5.75 Å². The van der Waals surface area contributed by atoms with Gasteiger partial charge in [0, 0.05) is 6.54 Å². The highest BCUT2D eigenvalue weighted by Gasteiger charge is 2.14. The topological polar surface area (TPSA) is 58.6 Å². The fourth-order valence-corrected chi connectivity index (χ4v) is 3.34. The van der Waals surface area contributed by atoms with E-state index >= 15 is 0 Å². The van der Waals surface area contributed by atoms with Crippen molar-refractivity contribution in [3.63, 3.8) is 0 Å². The highest BCUT2D eigenvalue weighted by molar-refractivity contribution is 7.99. The van der Waals surface area contributed by atoms with E-state index in [0.29, 0.717) is 12.4 Å². The molecule has 4 nitrogen and oxygen atoms in total. The van der Waals surface area contributed by atoms with Crippen LogP contribution in [0.3, 0.4) is 0 Å². The van der Waals surface area contributed by atoms with Crippen molar-refractivity contribution in [3.05, 3.63) is 29.8 Å². The lowest BCUT2D eigenvalue weighted by Crippen LogP contribution is -2.27. The van der Waals surface area contributed by atoms with Gasteiger partial charge in [-0.05, 0) is 42.5 Å². The molecule has 5 heteroatoms. The second kappa shape index (κ2) is 7.40. The molecule has 0 spiro atoms. The lowest BCUT2D eigenvalue weighted by atomic mass is 10.1. The summed E-state index contributed by atoms with van der Waals surface area (Å²) in [4.78, 5) is 11.0. The Balaban J connectivity index is 1.69. The van der Waals surface area contributed by atoms with E-state index < -0.39 is 5.97 Å². The molecule has 0 amide bonds. The zero-order valence-corrected chi connectivity index (χ0v) is 11.6. The Bertz CT molecular complexity index is 419. The number of benzene rings is 1. The number of carboxylic acids is 1. The Kier molecular flexibility index (Phi) is 5.54. The third kappa shape index (κ3) is 4.44. The number of rotatable bonds is 7. The third-order valence-corrected chi connectivity index (χ3v) is 4.34. The first-order valence-electron chi connectivity index (χ1n) is 6.51. The fourth-order valence-electron chi connectivity index (χ4n) is 2.05. The Labute approximate surface area is 117 Å². The van der Waals surface area contributed by atoms with Crippen LogP contribution in [0.25, 0.3) is 0 Å². The molecule has 0 bridgehead atoms. The molecule has 0 aliphatic carbocycles. The van der Waals surface area contributed by atoms with E-state index in [1.165, 1.54) is 17.9 Å². The zero-order valence-electron chi connectivity index (χ0n) is 10.8. The molecule has 2 rings (SSSR count). The Morgan fingerprint density at radius 2 is 2.32 bits per heavy atom. The molecule has 19 heavy (non-hydrogen) atoms. The molecule has 104 valence electrons. The largest absolute Gasteiger partial charge is 0.491 e. The molecule has 1 aliphatic rings. The smallest absolute Gasteiger partial charge is 0.339 e. The van der Waals surface area contributed by atoms with Crippen LogP contribution in [0.5, 0.6) is 5.75 Å². The number of carboxylic acid groups (broad SMARTS) is 1. The number of carbonyl (C=O) groups is 1. The number of ether oxygens (including phenoxy) is 1. The van der Waals surface area contributed by atoms with Gasteiger partial charge in [-0.1, -0.05) is 12.1 Å². The first kappa shape index (κ1) is 14.2. The molecular formula is C14H19NO3S. The van der Waals surface area contributed by atoms with Crippen molar-refractivity contribution in [1.29, 1.82) is 0 Å². The van der Waals surface area contributed by atoms with Crippen LogP contribution in [0.4, 0.5) is 0 Å². The van der Waals surface area contributed by atoms with Gasteiger partial charge in [0.2, 0.25) is 0 Å². The molecule has 2 N–H and O–H groups in total. The van der Waals surface area contributed by atoms with Crippen molar-refractivity contribution in [2.75, 3.05) is 31.2 Å². The number of hydrogen-bond donors (Lipinski definition) is 2. The molecule has 0 aromatic heterocycles. The third-order valence-electron chi connectivity index (χ3n) is 3.11. The molecule has 0 radical (unpaired) electrons. The summed E-state index contributed by atoms with van der Waals surface area (Å²) >= 11 is 2.01. The Hall–Kier alpha value is -1.20. The first-order valence-corrected chi connectivity index (χ1v) is 7.66. The molecule has 1 heterocycles. The lowest BCUT2D eigenvalue weighted by molar-refractivity contribution is 0.0692. The van der Waals surface area contributed by atoms with Gasteiger partial charge in [0.15, 0.2) is 0 Å². The molecule has 1 aliphatic heterocycles. The summed E-state index contributed by atoms with van der Waals surface area (Å²) in [6.07, 6.45) is 1.29.